The minimum atomic E-state index is 0.0835. The summed E-state index contributed by atoms with van der Waals surface area (Å²) in [7, 11) is 0. The van der Waals surface area contributed by atoms with Gasteiger partial charge in [0, 0.05) is 18.0 Å². The number of aryl methyl sites for hydroxylation is 2. The van der Waals surface area contributed by atoms with Crippen molar-refractivity contribution in [2.45, 2.75) is 64.2 Å². The molecule has 6 nitrogen and oxygen atoms in total. The van der Waals surface area contributed by atoms with Gasteiger partial charge in [0.25, 0.3) is 0 Å². The van der Waals surface area contributed by atoms with Crippen molar-refractivity contribution in [3.63, 3.8) is 0 Å². The first kappa shape index (κ1) is 15.5. The summed E-state index contributed by atoms with van der Waals surface area (Å²) in [6.45, 7) is 5.14. The van der Waals surface area contributed by atoms with Gasteiger partial charge in [-0.2, -0.15) is 0 Å². The van der Waals surface area contributed by atoms with Crippen LogP contribution in [0.25, 0.3) is 0 Å². The first-order chi connectivity index (χ1) is 10.6. The summed E-state index contributed by atoms with van der Waals surface area (Å²) in [5, 5.41) is 7.05. The minimum absolute atomic E-state index is 0.0835. The van der Waals surface area contributed by atoms with Crippen molar-refractivity contribution in [1.29, 1.82) is 0 Å². The topological polar surface area (TPSA) is 73.6 Å². The normalized spacial score (nSPS) is 28.2. The number of fused-ring (bicyclic) bond motifs is 1. The van der Waals surface area contributed by atoms with E-state index in [4.69, 9.17) is 14.0 Å². The van der Waals surface area contributed by atoms with Crippen molar-refractivity contribution < 1.29 is 18.8 Å². The van der Waals surface area contributed by atoms with Crippen molar-refractivity contribution in [3.8, 4) is 0 Å². The van der Waals surface area contributed by atoms with E-state index >= 15 is 0 Å². The largest absolute Gasteiger partial charge is 0.373 e. The Labute approximate surface area is 130 Å². The fraction of sp³-hybridized carbons (Fsp3) is 0.750. The Morgan fingerprint density at radius 1 is 1.23 bits per heavy atom. The van der Waals surface area contributed by atoms with Gasteiger partial charge >= 0.3 is 0 Å². The van der Waals surface area contributed by atoms with Crippen LogP contribution in [0.4, 0.5) is 0 Å². The average Bonchev–Trinajstić information content (AvgIpc) is 2.84. The third-order valence-corrected chi connectivity index (χ3v) is 4.63. The van der Waals surface area contributed by atoms with Gasteiger partial charge in [0.15, 0.2) is 0 Å². The first-order valence-corrected chi connectivity index (χ1v) is 8.08. The fourth-order valence-corrected chi connectivity index (χ4v) is 3.39. The SMILES string of the molecule is Cc1noc(C)c1CCC(=O)NC1CCC2OCCOC2C1. The number of carbonyl (C=O) groups is 1. The molecule has 6 heteroatoms. The fourth-order valence-electron chi connectivity index (χ4n) is 3.39. The molecular weight excluding hydrogens is 284 g/mol. The highest BCUT2D eigenvalue weighted by atomic mass is 16.6. The molecule has 0 aromatic carbocycles. The van der Waals surface area contributed by atoms with Gasteiger partial charge in [-0.25, -0.2) is 0 Å². The van der Waals surface area contributed by atoms with Crippen molar-refractivity contribution in [3.05, 3.63) is 17.0 Å². The highest BCUT2D eigenvalue weighted by Gasteiger charge is 2.34. The van der Waals surface area contributed by atoms with Crippen LogP contribution in [0.2, 0.25) is 0 Å². The maximum Gasteiger partial charge on any atom is 0.220 e. The lowest BCUT2D eigenvalue weighted by molar-refractivity contribution is -0.158. The molecule has 1 aliphatic carbocycles. The average molecular weight is 308 g/mol. The minimum Gasteiger partial charge on any atom is -0.373 e. The number of rotatable bonds is 4. The number of amides is 1. The van der Waals surface area contributed by atoms with Gasteiger partial charge in [-0.15, -0.1) is 0 Å². The van der Waals surface area contributed by atoms with Gasteiger partial charge < -0.3 is 19.3 Å². The standard InChI is InChI=1S/C16H24N2O4/c1-10-13(11(2)22-18-10)4-6-16(19)17-12-3-5-14-15(9-12)21-8-7-20-14/h12,14-15H,3-9H2,1-2H3,(H,17,19). The Bertz CT molecular complexity index is 509. The van der Waals surface area contributed by atoms with Crippen LogP contribution in [-0.2, 0) is 20.7 Å². The van der Waals surface area contributed by atoms with Crippen LogP contribution in [0, 0.1) is 13.8 Å². The van der Waals surface area contributed by atoms with Gasteiger partial charge in [-0.3, -0.25) is 4.79 Å². The van der Waals surface area contributed by atoms with E-state index in [9.17, 15) is 4.79 Å². The first-order valence-electron chi connectivity index (χ1n) is 8.08. The molecule has 2 heterocycles. The predicted molar refractivity (Wildman–Crippen MR) is 79.6 cm³/mol. The molecule has 0 spiro atoms. The second-order valence-corrected chi connectivity index (χ2v) is 6.20. The van der Waals surface area contributed by atoms with E-state index in [2.05, 4.69) is 10.5 Å². The maximum atomic E-state index is 12.2. The lowest BCUT2D eigenvalue weighted by atomic mass is 9.89. The summed E-state index contributed by atoms with van der Waals surface area (Å²) in [4.78, 5) is 12.2. The zero-order valence-corrected chi connectivity index (χ0v) is 13.3. The zero-order valence-electron chi connectivity index (χ0n) is 13.3. The second-order valence-electron chi connectivity index (χ2n) is 6.20. The highest BCUT2D eigenvalue weighted by molar-refractivity contribution is 5.76. The lowest BCUT2D eigenvalue weighted by Gasteiger charge is -2.39. The van der Waals surface area contributed by atoms with Crippen LogP contribution in [-0.4, -0.2) is 42.5 Å². The van der Waals surface area contributed by atoms with Gasteiger partial charge in [-0.05, 0) is 39.5 Å². The summed E-state index contributed by atoms with van der Waals surface area (Å²) in [6.07, 6.45) is 4.25. The van der Waals surface area contributed by atoms with Gasteiger partial charge in [0.05, 0.1) is 31.1 Å². The lowest BCUT2D eigenvalue weighted by Crippen LogP contribution is -2.49. The molecule has 1 amide bonds. The summed E-state index contributed by atoms with van der Waals surface area (Å²) in [5.41, 5.74) is 1.92. The Morgan fingerprint density at radius 3 is 2.73 bits per heavy atom. The molecule has 3 rings (SSSR count). The Kier molecular flexibility index (Phi) is 4.78. The summed E-state index contributed by atoms with van der Waals surface area (Å²) in [6, 6.07) is 0.195. The van der Waals surface area contributed by atoms with E-state index in [0.717, 1.165) is 36.3 Å². The Hall–Kier alpha value is -1.40. The summed E-state index contributed by atoms with van der Waals surface area (Å²) < 4.78 is 16.6. The number of ether oxygens (including phenoxy) is 2. The molecule has 22 heavy (non-hydrogen) atoms. The molecule has 1 aromatic rings. The van der Waals surface area contributed by atoms with E-state index in [0.29, 0.717) is 26.1 Å². The van der Waals surface area contributed by atoms with E-state index in [1.54, 1.807) is 0 Å². The van der Waals surface area contributed by atoms with E-state index in [1.807, 2.05) is 13.8 Å². The third-order valence-electron chi connectivity index (χ3n) is 4.63. The molecule has 1 saturated carbocycles. The smallest absolute Gasteiger partial charge is 0.220 e. The number of nitrogens with one attached hydrogen (secondary N) is 1. The van der Waals surface area contributed by atoms with E-state index in [-0.39, 0.29) is 24.2 Å². The number of aromatic nitrogens is 1. The molecule has 3 atom stereocenters. The molecule has 0 radical (unpaired) electrons. The maximum absolute atomic E-state index is 12.2. The van der Waals surface area contributed by atoms with E-state index in [1.165, 1.54) is 0 Å². The van der Waals surface area contributed by atoms with Crippen LogP contribution in [0.15, 0.2) is 4.52 Å². The molecule has 3 unspecified atom stereocenters. The number of hydrogen-bond donors (Lipinski definition) is 1. The quantitative estimate of drug-likeness (QED) is 0.916. The third kappa shape index (κ3) is 3.50. The molecule has 1 aliphatic heterocycles. The van der Waals surface area contributed by atoms with Crippen LogP contribution in [0.3, 0.4) is 0 Å². The zero-order chi connectivity index (χ0) is 15.5. The van der Waals surface area contributed by atoms with Crippen molar-refractivity contribution in [2.24, 2.45) is 0 Å². The summed E-state index contributed by atoms with van der Waals surface area (Å²) in [5.74, 6) is 0.888. The second kappa shape index (κ2) is 6.79. The number of carbonyl (C=O) groups excluding carboxylic acids is 1. The van der Waals surface area contributed by atoms with Gasteiger partial charge in [-0.1, -0.05) is 5.16 Å². The number of nitrogens with zero attached hydrogens (tertiary/aromatic N) is 1. The summed E-state index contributed by atoms with van der Waals surface area (Å²) >= 11 is 0. The molecule has 0 bridgehead atoms. The molecule has 2 aliphatic rings. The van der Waals surface area contributed by atoms with Crippen molar-refractivity contribution in [2.75, 3.05) is 13.2 Å². The Balaban J connectivity index is 1.46. The van der Waals surface area contributed by atoms with Gasteiger partial charge in [0.1, 0.15) is 5.76 Å². The molecule has 122 valence electrons. The molecular formula is C16H24N2O4. The molecule has 1 N–H and O–H groups in total. The monoisotopic (exact) mass is 308 g/mol. The van der Waals surface area contributed by atoms with Gasteiger partial charge in [0.2, 0.25) is 5.91 Å². The predicted octanol–water partition coefficient (Wildman–Crippen LogP) is 1.68. The molecule has 1 aromatic heterocycles. The highest BCUT2D eigenvalue weighted by Crippen LogP contribution is 2.26. The van der Waals surface area contributed by atoms with Crippen LogP contribution >= 0.6 is 0 Å². The number of hydrogen-bond acceptors (Lipinski definition) is 5. The molecule has 1 saturated heterocycles. The van der Waals surface area contributed by atoms with Crippen molar-refractivity contribution in [1.82, 2.24) is 10.5 Å². The van der Waals surface area contributed by atoms with Crippen molar-refractivity contribution >= 4 is 5.91 Å². The van der Waals surface area contributed by atoms with Crippen LogP contribution < -0.4 is 5.32 Å². The van der Waals surface area contributed by atoms with E-state index < -0.39 is 0 Å². The van der Waals surface area contributed by atoms with Crippen LogP contribution in [0.5, 0.6) is 0 Å². The van der Waals surface area contributed by atoms with Crippen LogP contribution in [0.1, 0.15) is 42.7 Å². The molecule has 2 fully saturated rings. The Morgan fingerprint density at radius 2 is 2.00 bits per heavy atom.